The van der Waals surface area contributed by atoms with Crippen LogP contribution in [0.15, 0.2) is 24.5 Å². The summed E-state index contributed by atoms with van der Waals surface area (Å²) in [5.74, 6) is -2.55. The van der Waals surface area contributed by atoms with E-state index in [0.717, 1.165) is 18.4 Å². The number of carbonyl (C=O) groups excluding carboxylic acids is 1. The van der Waals surface area contributed by atoms with Crippen molar-refractivity contribution in [3.63, 3.8) is 0 Å². The summed E-state index contributed by atoms with van der Waals surface area (Å²) in [6.07, 6.45) is 5.05. The lowest BCUT2D eigenvalue weighted by Gasteiger charge is -2.39. The Balaban J connectivity index is 1.53. The second-order valence-corrected chi connectivity index (χ2v) is 6.99. The molecule has 0 radical (unpaired) electrons. The topological polar surface area (TPSA) is 45.7 Å². The fourth-order valence-corrected chi connectivity index (χ4v) is 3.93. The summed E-state index contributed by atoms with van der Waals surface area (Å²) in [6, 6.07) is 3.54. The Hall–Kier alpha value is -1.60. The fourth-order valence-electron chi connectivity index (χ4n) is 3.93. The number of methoxy groups -OCH3 is 1. The first-order chi connectivity index (χ1) is 12.0. The van der Waals surface area contributed by atoms with Crippen LogP contribution in [0.1, 0.15) is 24.8 Å². The molecule has 2 aliphatic heterocycles. The highest BCUT2D eigenvalue weighted by Crippen LogP contribution is 2.35. The Labute approximate surface area is 147 Å². The molecule has 2 saturated heterocycles. The zero-order valence-corrected chi connectivity index (χ0v) is 14.5. The smallest absolute Gasteiger partial charge is 0.262 e. The van der Waals surface area contributed by atoms with Gasteiger partial charge in [0.2, 0.25) is 5.91 Å². The molecule has 25 heavy (non-hydrogen) atoms. The van der Waals surface area contributed by atoms with Crippen molar-refractivity contribution in [3.8, 4) is 0 Å². The molecule has 138 valence electrons. The van der Waals surface area contributed by atoms with E-state index in [9.17, 15) is 13.6 Å². The first-order valence-corrected chi connectivity index (χ1v) is 8.78. The Bertz CT molecular complexity index is 577. The monoisotopic (exact) mass is 353 g/mol. The molecule has 0 spiro atoms. The molecule has 3 rings (SSSR count). The summed E-state index contributed by atoms with van der Waals surface area (Å²) in [7, 11) is 1.55. The lowest BCUT2D eigenvalue weighted by molar-refractivity contribution is -0.132. The molecule has 0 unspecified atom stereocenters. The second kappa shape index (κ2) is 7.74. The van der Waals surface area contributed by atoms with Crippen LogP contribution in [0.3, 0.4) is 0 Å². The minimum atomic E-state index is -2.64. The first-order valence-electron chi connectivity index (χ1n) is 8.78. The molecule has 0 N–H and O–H groups in total. The lowest BCUT2D eigenvalue weighted by atomic mass is 10.0. The van der Waals surface area contributed by atoms with Gasteiger partial charge in [-0.2, -0.15) is 0 Å². The van der Waals surface area contributed by atoms with Gasteiger partial charge in [-0.3, -0.25) is 14.7 Å². The van der Waals surface area contributed by atoms with Gasteiger partial charge in [-0.1, -0.05) is 0 Å². The van der Waals surface area contributed by atoms with Crippen molar-refractivity contribution in [1.29, 1.82) is 0 Å². The molecule has 5 nitrogen and oxygen atoms in total. The van der Waals surface area contributed by atoms with Gasteiger partial charge in [0.1, 0.15) is 0 Å². The molecule has 1 aromatic heterocycles. The molecule has 0 bridgehead atoms. The zero-order chi connectivity index (χ0) is 17.9. The summed E-state index contributed by atoms with van der Waals surface area (Å²) in [5.41, 5.74) is 0.946. The SMILES string of the molecule is COC[C@@H]1CC(F)(F)CN1C1CCN(C(=O)Cc2ccncc2)CC1. The predicted octanol–water partition coefficient (Wildman–Crippen LogP) is 1.97. The Kier molecular flexibility index (Phi) is 5.64. The van der Waals surface area contributed by atoms with Crippen molar-refractivity contribution in [2.45, 2.75) is 43.7 Å². The van der Waals surface area contributed by atoms with E-state index in [2.05, 4.69) is 4.98 Å². The van der Waals surface area contributed by atoms with Crippen LogP contribution in [-0.4, -0.2) is 72.0 Å². The summed E-state index contributed by atoms with van der Waals surface area (Å²) in [6.45, 7) is 1.38. The molecule has 1 atom stereocenters. The highest BCUT2D eigenvalue weighted by atomic mass is 19.3. The van der Waals surface area contributed by atoms with Crippen molar-refractivity contribution >= 4 is 5.91 Å². The molecule has 1 amide bonds. The summed E-state index contributed by atoms with van der Waals surface area (Å²) < 4.78 is 32.7. The van der Waals surface area contributed by atoms with Crippen LogP contribution in [0, 0.1) is 0 Å². The lowest BCUT2D eigenvalue weighted by Crippen LogP contribution is -2.49. The van der Waals surface area contributed by atoms with Crippen LogP contribution < -0.4 is 0 Å². The number of amides is 1. The number of piperidine rings is 1. The maximum absolute atomic E-state index is 13.8. The molecule has 7 heteroatoms. The molecule has 0 saturated carbocycles. The van der Waals surface area contributed by atoms with Crippen LogP contribution >= 0.6 is 0 Å². The molecule has 2 fully saturated rings. The number of aromatic nitrogens is 1. The number of nitrogens with zero attached hydrogens (tertiary/aromatic N) is 3. The van der Waals surface area contributed by atoms with Crippen LogP contribution in [0.4, 0.5) is 8.78 Å². The minimum absolute atomic E-state index is 0.0878. The summed E-state index contributed by atoms with van der Waals surface area (Å²) in [4.78, 5) is 20.1. The predicted molar refractivity (Wildman–Crippen MR) is 89.5 cm³/mol. The third-order valence-corrected chi connectivity index (χ3v) is 5.17. The van der Waals surface area contributed by atoms with Crippen molar-refractivity contribution in [2.75, 3.05) is 33.4 Å². The number of ether oxygens (including phenoxy) is 1. The maximum Gasteiger partial charge on any atom is 0.262 e. The molecule has 3 heterocycles. The average molecular weight is 353 g/mol. The number of likely N-dealkylation sites (tertiary alicyclic amines) is 2. The van der Waals surface area contributed by atoms with Gasteiger partial charge in [-0.15, -0.1) is 0 Å². The number of alkyl halides is 2. The normalized spacial score (nSPS) is 24.6. The number of carbonyl (C=O) groups is 1. The first kappa shape index (κ1) is 18.2. The zero-order valence-electron chi connectivity index (χ0n) is 14.5. The largest absolute Gasteiger partial charge is 0.383 e. The van der Waals surface area contributed by atoms with Crippen molar-refractivity contribution in [3.05, 3.63) is 30.1 Å². The van der Waals surface area contributed by atoms with E-state index in [4.69, 9.17) is 4.74 Å². The van der Waals surface area contributed by atoms with Crippen LogP contribution in [-0.2, 0) is 16.0 Å². The van der Waals surface area contributed by atoms with Gasteiger partial charge in [0.05, 0.1) is 19.6 Å². The highest BCUT2D eigenvalue weighted by Gasteiger charge is 2.47. The van der Waals surface area contributed by atoms with Crippen molar-refractivity contribution in [1.82, 2.24) is 14.8 Å². The van der Waals surface area contributed by atoms with Gasteiger partial charge in [0.25, 0.3) is 5.92 Å². The molecule has 0 aromatic carbocycles. The van der Waals surface area contributed by atoms with Gasteiger partial charge in [-0.05, 0) is 30.5 Å². The average Bonchev–Trinajstić information content (AvgIpc) is 2.91. The Morgan fingerprint density at radius 2 is 2.00 bits per heavy atom. The van der Waals surface area contributed by atoms with Crippen LogP contribution in [0.5, 0.6) is 0 Å². The summed E-state index contributed by atoms with van der Waals surface area (Å²) >= 11 is 0. The molecule has 2 aliphatic rings. The fraction of sp³-hybridized carbons (Fsp3) is 0.667. The third kappa shape index (κ3) is 4.52. The molecular weight excluding hydrogens is 328 g/mol. The van der Waals surface area contributed by atoms with Gasteiger partial charge in [0.15, 0.2) is 0 Å². The number of hydrogen-bond acceptors (Lipinski definition) is 4. The van der Waals surface area contributed by atoms with E-state index < -0.39 is 5.92 Å². The summed E-state index contributed by atoms with van der Waals surface area (Å²) in [5, 5.41) is 0. The van der Waals surface area contributed by atoms with E-state index in [1.54, 1.807) is 19.5 Å². The van der Waals surface area contributed by atoms with E-state index in [0.29, 0.717) is 26.1 Å². The Morgan fingerprint density at radius 3 is 2.64 bits per heavy atom. The van der Waals surface area contributed by atoms with E-state index in [-0.39, 0.29) is 31.0 Å². The molecule has 0 aliphatic carbocycles. The van der Waals surface area contributed by atoms with Crippen molar-refractivity contribution in [2.24, 2.45) is 0 Å². The van der Waals surface area contributed by atoms with Gasteiger partial charge in [0, 0.05) is 51.1 Å². The van der Waals surface area contributed by atoms with Gasteiger partial charge in [-0.25, -0.2) is 8.78 Å². The number of halogens is 2. The second-order valence-electron chi connectivity index (χ2n) is 6.99. The van der Waals surface area contributed by atoms with E-state index in [1.165, 1.54) is 0 Å². The van der Waals surface area contributed by atoms with Crippen molar-refractivity contribution < 1.29 is 18.3 Å². The highest BCUT2D eigenvalue weighted by molar-refractivity contribution is 5.78. The number of hydrogen-bond donors (Lipinski definition) is 0. The quantitative estimate of drug-likeness (QED) is 0.812. The van der Waals surface area contributed by atoms with Crippen LogP contribution in [0.25, 0.3) is 0 Å². The number of rotatable bonds is 5. The van der Waals surface area contributed by atoms with Gasteiger partial charge >= 0.3 is 0 Å². The molecule has 1 aromatic rings. The van der Waals surface area contributed by atoms with Crippen LogP contribution in [0.2, 0.25) is 0 Å². The number of pyridine rings is 1. The standard InChI is InChI=1S/C18H25F2N3O2/c1-25-12-16-11-18(19,20)13-23(16)15-4-8-22(9-5-15)17(24)10-14-2-6-21-7-3-14/h2-3,6-7,15-16H,4-5,8-13H2,1H3/t16-/m0/s1. The third-order valence-electron chi connectivity index (χ3n) is 5.17. The van der Waals surface area contributed by atoms with Gasteiger partial charge < -0.3 is 9.64 Å². The van der Waals surface area contributed by atoms with E-state index in [1.807, 2.05) is 21.9 Å². The molecular formula is C18H25F2N3O2. The Morgan fingerprint density at radius 1 is 1.32 bits per heavy atom. The maximum atomic E-state index is 13.8. The van der Waals surface area contributed by atoms with E-state index >= 15 is 0 Å². The minimum Gasteiger partial charge on any atom is -0.383 e.